The van der Waals surface area contributed by atoms with Gasteiger partial charge in [-0.2, -0.15) is 0 Å². The lowest BCUT2D eigenvalue weighted by Crippen LogP contribution is -2.95. The zero-order valence-corrected chi connectivity index (χ0v) is 20.0. The fraction of sp³-hybridized carbons (Fsp3) is 0.917. The van der Waals surface area contributed by atoms with Crippen molar-refractivity contribution in [1.82, 2.24) is 15.1 Å². The molecule has 0 aromatic carbocycles. The van der Waals surface area contributed by atoms with Gasteiger partial charge in [0.05, 0.1) is 19.1 Å². The third-order valence-electron chi connectivity index (χ3n) is 8.23. The van der Waals surface area contributed by atoms with Gasteiger partial charge in [0.15, 0.2) is 0 Å². The summed E-state index contributed by atoms with van der Waals surface area (Å²) in [5.41, 5.74) is 0. The molecule has 0 spiro atoms. The normalized spacial score (nSPS) is 38.3. The number of carbonyl (C=O) groups is 2. The number of quaternary nitrogens is 1. The van der Waals surface area contributed by atoms with Crippen molar-refractivity contribution in [3.63, 3.8) is 0 Å². The number of amides is 2. The average molecular weight is 468 g/mol. The van der Waals surface area contributed by atoms with E-state index in [0.29, 0.717) is 25.2 Å². The number of hydrogen-bond donors (Lipinski definition) is 4. The Bertz CT molecular complexity index is 657. The first-order valence-electron chi connectivity index (χ1n) is 13.1. The molecule has 3 heterocycles. The van der Waals surface area contributed by atoms with E-state index in [4.69, 9.17) is 4.74 Å². The number of rotatable bonds is 6. The highest BCUT2D eigenvalue weighted by atomic mass is 16.5. The summed E-state index contributed by atoms with van der Waals surface area (Å²) in [5.74, 6) is 0.655. The molecule has 0 aromatic heterocycles. The van der Waals surface area contributed by atoms with Crippen molar-refractivity contribution in [2.45, 2.75) is 88.9 Å². The van der Waals surface area contributed by atoms with Gasteiger partial charge in [-0.3, -0.25) is 14.5 Å². The van der Waals surface area contributed by atoms with Crippen molar-refractivity contribution in [3.05, 3.63) is 0 Å². The first-order valence-corrected chi connectivity index (χ1v) is 13.1. The molecule has 5 atom stereocenters. The summed E-state index contributed by atoms with van der Waals surface area (Å²) in [6.07, 6.45) is 4.64. The van der Waals surface area contributed by atoms with Gasteiger partial charge in [0.2, 0.25) is 11.8 Å². The van der Waals surface area contributed by atoms with Gasteiger partial charge in [0, 0.05) is 45.1 Å². The summed E-state index contributed by atoms with van der Waals surface area (Å²) in [6, 6.07) is 0. The van der Waals surface area contributed by atoms with E-state index in [2.05, 4.69) is 22.5 Å². The fourth-order valence-corrected chi connectivity index (χ4v) is 5.89. The molecule has 2 amide bonds. The zero-order valence-electron chi connectivity index (χ0n) is 20.0. The van der Waals surface area contributed by atoms with E-state index in [1.807, 2.05) is 4.90 Å². The smallest absolute Gasteiger partial charge is 0.225 e. The summed E-state index contributed by atoms with van der Waals surface area (Å²) in [5, 5.41) is 26.2. The van der Waals surface area contributed by atoms with Crippen LogP contribution in [0.2, 0.25) is 0 Å². The van der Waals surface area contributed by atoms with Gasteiger partial charge >= 0.3 is 0 Å². The van der Waals surface area contributed by atoms with E-state index in [1.54, 1.807) is 0 Å². The maximum atomic E-state index is 12.9. The monoisotopic (exact) mass is 467 g/mol. The van der Waals surface area contributed by atoms with Crippen molar-refractivity contribution in [3.8, 4) is 0 Å². The van der Waals surface area contributed by atoms with Gasteiger partial charge < -0.3 is 30.5 Å². The number of carbonyl (C=O) groups excluding carboxylic acids is 2. The molecule has 9 heteroatoms. The standard InChI is InChI=1S/C24H42N4O5/c1-16-5-7-17(8-6-16)24(32)26-15-19-23(31)22(30)18(33-19)14-21(29)28-12-10-27(11-13-28)20-4-2-3-9-25-20/h16-20,22-23,25,30-31H,2-15H2,1H3,(H,26,32)/p+1. The first-order chi connectivity index (χ1) is 15.9. The summed E-state index contributed by atoms with van der Waals surface area (Å²) in [4.78, 5) is 29.7. The van der Waals surface area contributed by atoms with Crippen molar-refractivity contribution < 1.29 is 29.9 Å². The Kier molecular flexibility index (Phi) is 8.62. The van der Waals surface area contributed by atoms with Gasteiger partial charge in [-0.25, -0.2) is 0 Å². The largest absolute Gasteiger partial charge is 0.388 e. The highest BCUT2D eigenvalue weighted by Gasteiger charge is 2.44. The number of nitrogens with one attached hydrogen (secondary N) is 1. The lowest BCUT2D eigenvalue weighted by Gasteiger charge is -2.39. The van der Waals surface area contributed by atoms with Crippen LogP contribution < -0.4 is 10.6 Å². The number of nitrogens with two attached hydrogens (primary N) is 1. The molecule has 5 unspecified atom stereocenters. The molecule has 1 saturated carbocycles. The fourth-order valence-electron chi connectivity index (χ4n) is 5.89. The second kappa shape index (κ2) is 11.4. The van der Waals surface area contributed by atoms with Crippen molar-refractivity contribution in [1.29, 1.82) is 0 Å². The lowest BCUT2D eigenvalue weighted by atomic mass is 9.82. The third kappa shape index (κ3) is 6.25. The summed E-state index contributed by atoms with van der Waals surface area (Å²) in [6.45, 7) is 6.68. The van der Waals surface area contributed by atoms with E-state index in [1.165, 1.54) is 25.8 Å². The van der Waals surface area contributed by atoms with E-state index in [9.17, 15) is 19.8 Å². The summed E-state index contributed by atoms with van der Waals surface area (Å²) >= 11 is 0. The molecule has 4 rings (SSSR count). The minimum absolute atomic E-state index is 0.000187. The minimum atomic E-state index is -1.12. The number of aliphatic hydroxyl groups excluding tert-OH is 2. The average Bonchev–Trinajstić information content (AvgIpc) is 3.11. The van der Waals surface area contributed by atoms with Crippen LogP contribution in [-0.4, -0.2) is 102 Å². The van der Waals surface area contributed by atoms with Gasteiger partial charge in [-0.1, -0.05) is 6.92 Å². The minimum Gasteiger partial charge on any atom is -0.388 e. The molecule has 0 radical (unpaired) electrons. The van der Waals surface area contributed by atoms with E-state index in [0.717, 1.165) is 38.8 Å². The van der Waals surface area contributed by atoms with E-state index < -0.39 is 24.4 Å². The maximum absolute atomic E-state index is 12.9. The van der Waals surface area contributed by atoms with Crippen LogP contribution in [0, 0.1) is 11.8 Å². The Hall–Kier alpha value is -1.26. The molecule has 1 aliphatic carbocycles. The molecule has 33 heavy (non-hydrogen) atoms. The molecule has 0 aromatic rings. The van der Waals surface area contributed by atoms with Crippen LogP contribution in [0.25, 0.3) is 0 Å². The third-order valence-corrected chi connectivity index (χ3v) is 8.23. The predicted octanol–water partition coefficient (Wildman–Crippen LogP) is -0.974. The second-order valence-electron chi connectivity index (χ2n) is 10.6. The maximum Gasteiger partial charge on any atom is 0.225 e. The van der Waals surface area contributed by atoms with Crippen molar-refractivity contribution in [2.75, 3.05) is 39.3 Å². The molecule has 5 N–H and O–H groups in total. The van der Waals surface area contributed by atoms with Crippen molar-refractivity contribution in [2.24, 2.45) is 11.8 Å². The molecule has 4 aliphatic rings. The van der Waals surface area contributed by atoms with Crippen LogP contribution in [0.5, 0.6) is 0 Å². The summed E-state index contributed by atoms with van der Waals surface area (Å²) in [7, 11) is 0. The molecule has 9 nitrogen and oxygen atoms in total. The lowest BCUT2D eigenvalue weighted by molar-refractivity contribution is -0.717. The Balaban J connectivity index is 1.19. The summed E-state index contributed by atoms with van der Waals surface area (Å²) < 4.78 is 5.84. The van der Waals surface area contributed by atoms with Crippen LogP contribution in [-0.2, 0) is 14.3 Å². The first kappa shape index (κ1) is 24.9. The number of nitrogens with zero attached hydrogens (tertiary/aromatic N) is 2. The quantitative estimate of drug-likeness (QED) is 0.399. The Labute approximate surface area is 197 Å². The Morgan fingerprint density at radius 1 is 0.970 bits per heavy atom. The van der Waals surface area contributed by atoms with Gasteiger partial charge in [0.1, 0.15) is 24.5 Å². The number of piperazine rings is 1. The molecule has 4 fully saturated rings. The van der Waals surface area contributed by atoms with E-state index in [-0.39, 0.29) is 30.7 Å². The molecule has 0 bridgehead atoms. The van der Waals surface area contributed by atoms with Crippen LogP contribution in [0.15, 0.2) is 0 Å². The number of ether oxygens (including phenoxy) is 1. The number of aliphatic hydroxyl groups is 2. The highest BCUT2D eigenvalue weighted by molar-refractivity contribution is 5.78. The SMILES string of the molecule is CC1CCC(C(=O)NCC2OC(CC(=O)N3CCN(C4CCCC[NH2+]4)CC3)C(O)C2O)CC1. The van der Waals surface area contributed by atoms with Crippen LogP contribution in [0.3, 0.4) is 0 Å². The number of piperidine rings is 1. The van der Waals surface area contributed by atoms with Gasteiger partial charge in [0.25, 0.3) is 0 Å². The molecular formula is C24H43N4O5+. The van der Waals surface area contributed by atoms with Crippen LogP contribution >= 0.6 is 0 Å². The topological polar surface area (TPSA) is 119 Å². The Morgan fingerprint density at radius 3 is 2.33 bits per heavy atom. The molecular weight excluding hydrogens is 424 g/mol. The molecule has 3 saturated heterocycles. The van der Waals surface area contributed by atoms with Crippen LogP contribution in [0.1, 0.15) is 58.3 Å². The Morgan fingerprint density at radius 2 is 1.67 bits per heavy atom. The van der Waals surface area contributed by atoms with Gasteiger partial charge in [-0.05, 0) is 44.4 Å². The number of hydrogen-bond acceptors (Lipinski definition) is 6. The van der Waals surface area contributed by atoms with Crippen LogP contribution in [0.4, 0.5) is 0 Å². The predicted molar refractivity (Wildman–Crippen MR) is 122 cm³/mol. The second-order valence-corrected chi connectivity index (χ2v) is 10.6. The highest BCUT2D eigenvalue weighted by Crippen LogP contribution is 2.29. The molecule has 3 aliphatic heterocycles. The molecule has 188 valence electrons. The van der Waals surface area contributed by atoms with E-state index >= 15 is 0 Å². The van der Waals surface area contributed by atoms with Gasteiger partial charge in [-0.15, -0.1) is 0 Å². The van der Waals surface area contributed by atoms with Crippen molar-refractivity contribution >= 4 is 11.8 Å². The zero-order chi connectivity index (χ0) is 23.4.